The standard InChI is InChI=1S/C23H24N4O2/c24-19-4-3-13-26-21(19)16-6-8-18(9-7-16)23(29)27-14-10-17(11-15-27)22(28)20-5-1-2-12-25-20/h1-9,12-13,17,22,28H,10-11,14-15,24H2. The van der Waals surface area contributed by atoms with Crippen LogP contribution < -0.4 is 5.73 Å². The fourth-order valence-corrected chi connectivity index (χ4v) is 3.82. The van der Waals surface area contributed by atoms with E-state index in [4.69, 9.17) is 5.73 Å². The molecule has 3 aromatic rings. The summed E-state index contributed by atoms with van der Waals surface area (Å²) in [7, 11) is 0. The quantitative estimate of drug-likeness (QED) is 0.715. The van der Waals surface area contributed by atoms with Crippen LogP contribution >= 0.6 is 0 Å². The first-order valence-electron chi connectivity index (χ1n) is 9.82. The summed E-state index contributed by atoms with van der Waals surface area (Å²) < 4.78 is 0. The van der Waals surface area contributed by atoms with Gasteiger partial charge in [-0.15, -0.1) is 0 Å². The minimum Gasteiger partial charge on any atom is -0.397 e. The number of likely N-dealkylation sites (tertiary alicyclic amines) is 1. The van der Waals surface area contributed by atoms with Crippen molar-refractivity contribution in [3.63, 3.8) is 0 Å². The van der Waals surface area contributed by atoms with E-state index < -0.39 is 6.10 Å². The van der Waals surface area contributed by atoms with E-state index in [0.717, 1.165) is 24.1 Å². The molecule has 1 aliphatic heterocycles. The van der Waals surface area contributed by atoms with Crippen molar-refractivity contribution in [2.24, 2.45) is 5.92 Å². The molecule has 1 atom stereocenters. The van der Waals surface area contributed by atoms with E-state index in [-0.39, 0.29) is 11.8 Å². The van der Waals surface area contributed by atoms with Crippen molar-refractivity contribution < 1.29 is 9.90 Å². The fourth-order valence-electron chi connectivity index (χ4n) is 3.82. The number of nitrogens with zero attached hydrogens (tertiary/aromatic N) is 3. The van der Waals surface area contributed by atoms with Gasteiger partial charge < -0.3 is 15.7 Å². The van der Waals surface area contributed by atoms with Crippen LogP contribution in [0.5, 0.6) is 0 Å². The van der Waals surface area contributed by atoms with Crippen LogP contribution in [0.25, 0.3) is 11.3 Å². The lowest BCUT2D eigenvalue weighted by Crippen LogP contribution is -2.39. The van der Waals surface area contributed by atoms with Gasteiger partial charge in [0.1, 0.15) is 0 Å². The second-order valence-corrected chi connectivity index (χ2v) is 7.35. The number of anilines is 1. The zero-order valence-electron chi connectivity index (χ0n) is 16.1. The number of pyridine rings is 2. The van der Waals surface area contributed by atoms with E-state index >= 15 is 0 Å². The summed E-state index contributed by atoms with van der Waals surface area (Å²) in [4.78, 5) is 23.3. The maximum absolute atomic E-state index is 12.9. The predicted octanol–water partition coefficient (Wildman–Crippen LogP) is 3.31. The van der Waals surface area contributed by atoms with Gasteiger partial charge in [-0.3, -0.25) is 14.8 Å². The fraction of sp³-hybridized carbons (Fsp3) is 0.261. The van der Waals surface area contributed by atoms with Crippen LogP contribution in [0.2, 0.25) is 0 Å². The number of nitrogen functional groups attached to an aromatic ring is 1. The van der Waals surface area contributed by atoms with Crippen LogP contribution in [-0.2, 0) is 0 Å². The van der Waals surface area contributed by atoms with Gasteiger partial charge in [-0.25, -0.2) is 0 Å². The zero-order valence-corrected chi connectivity index (χ0v) is 16.1. The number of piperidine rings is 1. The third kappa shape index (κ3) is 4.12. The van der Waals surface area contributed by atoms with Crippen LogP contribution in [0.4, 0.5) is 5.69 Å². The van der Waals surface area contributed by atoms with Crippen molar-refractivity contribution >= 4 is 11.6 Å². The lowest BCUT2D eigenvalue weighted by Gasteiger charge is -2.34. The molecule has 4 rings (SSSR count). The number of hydrogen-bond donors (Lipinski definition) is 2. The molecule has 0 aliphatic carbocycles. The van der Waals surface area contributed by atoms with Crippen LogP contribution in [0.3, 0.4) is 0 Å². The van der Waals surface area contributed by atoms with Gasteiger partial charge in [0.25, 0.3) is 5.91 Å². The van der Waals surface area contributed by atoms with E-state index in [2.05, 4.69) is 9.97 Å². The molecule has 29 heavy (non-hydrogen) atoms. The van der Waals surface area contributed by atoms with Gasteiger partial charge in [0.05, 0.1) is 23.2 Å². The Balaban J connectivity index is 1.39. The number of aliphatic hydroxyl groups is 1. The van der Waals surface area contributed by atoms with Crippen molar-refractivity contribution in [1.29, 1.82) is 0 Å². The molecular weight excluding hydrogens is 364 g/mol. The number of benzene rings is 1. The Morgan fingerprint density at radius 1 is 1.00 bits per heavy atom. The molecule has 0 bridgehead atoms. The molecule has 0 saturated carbocycles. The van der Waals surface area contributed by atoms with E-state index in [9.17, 15) is 9.90 Å². The summed E-state index contributed by atoms with van der Waals surface area (Å²) in [5, 5.41) is 10.6. The Bertz CT molecular complexity index is 968. The SMILES string of the molecule is Nc1cccnc1-c1ccc(C(=O)N2CCC(C(O)c3ccccn3)CC2)cc1. The molecule has 0 radical (unpaired) electrons. The van der Waals surface area contributed by atoms with Gasteiger partial charge in [0.15, 0.2) is 0 Å². The summed E-state index contributed by atoms with van der Waals surface area (Å²) in [5.74, 6) is 0.125. The molecule has 1 saturated heterocycles. The van der Waals surface area contributed by atoms with Crippen LogP contribution in [-0.4, -0.2) is 39.0 Å². The lowest BCUT2D eigenvalue weighted by atomic mass is 9.89. The minimum absolute atomic E-state index is 0.0105. The highest BCUT2D eigenvalue weighted by atomic mass is 16.3. The number of aliphatic hydroxyl groups excluding tert-OH is 1. The topological polar surface area (TPSA) is 92.3 Å². The van der Waals surface area contributed by atoms with Crippen molar-refractivity contribution in [1.82, 2.24) is 14.9 Å². The highest BCUT2D eigenvalue weighted by molar-refractivity contribution is 5.95. The molecule has 1 aromatic carbocycles. The highest BCUT2D eigenvalue weighted by Crippen LogP contribution is 2.30. The first kappa shape index (κ1) is 19.1. The number of rotatable bonds is 4. The smallest absolute Gasteiger partial charge is 0.253 e. The largest absolute Gasteiger partial charge is 0.397 e. The number of carbonyl (C=O) groups excluding carboxylic acids is 1. The molecule has 3 N–H and O–H groups in total. The molecule has 2 aromatic heterocycles. The molecule has 148 valence electrons. The Kier molecular flexibility index (Phi) is 5.53. The molecule has 6 heteroatoms. The average Bonchev–Trinajstić information content (AvgIpc) is 2.79. The maximum atomic E-state index is 12.9. The summed E-state index contributed by atoms with van der Waals surface area (Å²) in [5.41, 5.74) is 9.54. The molecule has 1 aliphatic rings. The van der Waals surface area contributed by atoms with E-state index in [0.29, 0.717) is 30.0 Å². The molecule has 1 fully saturated rings. The number of nitrogens with two attached hydrogens (primary N) is 1. The van der Waals surface area contributed by atoms with Gasteiger partial charge in [0, 0.05) is 36.6 Å². The third-order valence-electron chi connectivity index (χ3n) is 5.51. The predicted molar refractivity (Wildman–Crippen MR) is 112 cm³/mol. The van der Waals surface area contributed by atoms with Crippen LogP contribution in [0.15, 0.2) is 67.0 Å². The summed E-state index contributed by atoms with van der Waals surface area (Å²) >= 11 is 0. The molecule has 3 heterocycles. The van der Waals surface area contributed by atoms with Crippen molar-refractivity contribution in [2.75, 3.05) is 18.8 Å². The highest BCUT2D eigenvalue weighted by Gasteiger charge is 2.29. The normalized spacial score (nSPS) is 15.8. The molecule has 6 nitrogen and oxygen atoms in total. The zero-order chi connectivity index (χ0) is 20.2. The first-order valence-corrected chi connectivity index (χ1v) is 9.82. The van der Waals surface area contributed by atoms with Gasteiger partial charge in [-0.1, -0.05) is 18.2 Å². The second kappa shape index (κ2) is 8.41. The van der Waals surface area contributed by atoms with E-state index in [1.54, 1.807) is 18.5 Å². The Labute approximate surface area is 170 Å². The number of carbonyl (C=O) groups is 1. The monoisotopic (exact) mass is 388 g/mol. The lowest BCUT2D eigenvalue weighted by molar-refractivity contribution is 0.0447. The molecule has 1 unspecified atom stereocenters. The van der Waals surface area contributed by atoms with Crippen molar-refractivity contribution in [3.05, 3.63) is 78.2 Å². The van der Waals surface area contributed by atoms with E-state index in [1.165, 1.54) is 0 Å². The molecule has 0 spiro atoms. The van der Waals surface area contributed by atoms with Crippen LogP contribution in [0, 0.1) is 5.92 Å². The minimum atomic E-state index is -0.587. The van der Waals surface area contributed by atoms with E-state index in [1.807, 2.05) is 53.4 Å². The Morgan fingerprint density at radius 2 is 1.72 bits per heavy atom. The van der Waals surface area contributed by atoms with Gasteiger partial charge in [-0.2, -0.15) is 0 Å². The van der Waals surface area contributed by atoms with Crippen LogP contribution in [0.1, 0.15) is 35.0 Å². The van der Waals surface area contributed by atoms with Gasteiger partial charge in [-0.05, 0) is 55.2 Å². The van der Waals surface area contributed by atoms with Crippen molar-refractivity contribution in [3.8, 4) is 11.3 Å². The summed E-state index contributed by atoms with van der Waals surface area (Å²) in [6, 6.07) is 16.6. The second-order valence-electron chi connectivity index (χ2n) is 7.35. The van der Waals surface area contributed by atoms with Gasteiger partial charge in [0.2, 0.25) is 0 Å². The maximum Gasteiger partial charge on any atom is 0.253 e. The summed E-state index contributed by atoms with van der Waals surface area (Å²) in [6.07, 6.45) is 4.32. The number of hydrogen-bond acceptors (Lipinski definition) is 5. The Hall–Kier alpha value is -3.25. The Morgan fingerprint density at radius 3 is 2.38 bits per heavy atom. The molecule has 1 amide bonds. The average molecular weight is 388 g/mol. The molecular formula is C23H24N4O2. The number of amides is 1. The summed E-state index contributed by atoms with van der Waals surface area (Å²) in [6.45, 7) is 1.25. The number of aromatic nitrogens is 2. The third-order valence-corrected chi connectivity index (χ3v) is 5.51. The van der Waals surface area contributed by atoms with Crippen molar-refractivity contribution in [2.45, 2.75) is 18.9 Å². The first-order chi connectivity index (χ1) is 14.1. The van der Waals surface area contributed by atoms with Gasteiger partial charge >= 0.3 is 0 Å².